The van der Waals surface area contributed by atoms with Crippen molar-refractivity contribution in [1.29, 1.82) is 0 Å². The van der Waals surface area contributed by atoms with Crippen molar-refractivity contribution < 1.29 is 9.18 Å². The number of carbonyl (C=O) groups is 1. The van der Waals surface area contributed by atoms with Crippen LogP contribution in [0.5, 0.6) is 0 Å². The number of nitrogens with one attached hydrogen (secondary N) is 3. The van der Waals surface area contributed by atoms with E-state index in [0.29, 0.717) is 18.1 Å². The average Bonchev–Trinajstić information content (AvgIpc) is 2.61. The second-order valence-corrected chi connectivity index (χ2v) is 6.06. The standard InChI is InChI=1S/C20H25FN4O/c1-14-12-17(6-9-19(14)21)13-24-20(22-3)23-11-10-16-4-7-18(8-5-16)25-15(2)26/h4-9,12H,10-11,13H2,1-3H3,(H,25,26)(H2,22,23,24). The van der Waals surface area contributed by atoms with E-state index in [9.17, 15) is 9.18 Å². The molecular weight excluding hydrogens is 331 g/mol. The Kier molecular flexibility index (Phi) is 7.14. The van der Waals surface area contributed by atoms with Gasteiger partial charge < -0.3 is 16.0 Å². The highest BCUT2D eigenvalue weighted by atomic mass is 19.1. The first kappa shape index (κ1) is 19.4. The van der Waals surface area contributed by atoms with Crippen LogP contribution in [0, 0.1) is 12.7 Å². The van der Waals surface area contributed by atoms with Gasteiger partial charge in [0.05, 0.1) is 0 Å². The molecule has 26 heavy (non-hydrogen) atoms. The molecule has 0 aliphatic rings. The third-order valence-corrected chi connectivity index (χ3v) is 3.89. The molecule has 0 atom stereocenters. The van der Waals surface area contributed by atoms with Crippen LogP contribution < -0.4 is 16.0 Å². The van der Waals surface area contributed by atoms with E-state index in [1.165, 1.54) is 13.0 Å². The zero-order chi connectivity index (χ0) is 18.9. The van der Waals surface area contributed by atoms with Gasteiger partial charge in [-0.15, -0.1) is 0 Å². The number of amides is 1. The molecule has 0 aliphatic carbocycles. The maximum absolute atomic E-state index is 13.3. The summed E-state index contributed by atoms with van der Waals surface area (Å²) >= 11 is 0. The van der Waals surface area contributed by atoms with Crippen LogP contribution in [0.25, 0.3) is 0 Å². The fourth-order valence-electron chi connectivity index (χ4n) is 2.51. The second kappa shape index (κ2) is 9.56. The summed E-state index contributed by atoms with van der Waals surface area (Å²) in [5.74, 6) is 0.424. The van der Waals surface area contributed by atoms with Crippen molar-refractivity contribution in [1.82, 2.24) is 10.6 Å². The van der Waals surface area contributed by atoms with Gasteiger partial charge in [0.2, 0.25) is 5.91 Å². The number of hydrogen-bond acceptors (Lipinski definition) is 2. The Morgan fingerprint density at radius 2 is 1.77 bits per heavy atom. The van der Waals surface area contributed by atoms with Crippen molar-refractivity contribution in [2.24, 2.45) is 4.99 Å². The summed E-state index contributed by atoms with van der Waals surface area (Å²) in [5, 5.41) is 9.22. The van der Waals surface area contributed by atoms with Crippen LogP contribution in [0.1, 0.15) is 23.6 Å². The lowest BCUT2D eigenvalue weighted by molar-refractivity contribution is -0.114. The van der Waals surface area contributed by atoms with Gasteiger partial charge in [0.1, 0.15) is 5.82 Å². The van der Waals surface area contributed by atoms with Crippen LogP contribution in [0.4, 0.5) is 10.1 Å². The van der Waals surface area contributed by atoms with Gasteiger partial charge >= 0.3 is 0 Å². The number of guanidine groups is 1. The van der Waals surface area contributed by atoms with Crippen molar-refractivity contribution in [2.45, 2.75) is 26.8 Å². The first-order valence-corrected chi connectivity index (χ1v) is 8.54. The van der Waals surface area contributed by atoms with Gasteiger partial charge in [-0.05, 0) is 48.2 Å². The Morgan fingerprint density at radius 3 is 2.38 bits per heavy atom. The summed E-state index contributed by atoms with van der Waals surface area (Å²) < 4.78 is 13.3. The molecule has 2 rings (SSSR count). The number of rotatable bonds is 6. The quantitative estimate of drug-likeness (QED) is 0.551. The molecule has 0 unspecified atom stereocenters. The van der Waals surface area contributed by atoms with Gasteiger partial charge in [0.25, 0.3) is 0 Å². The number of carbonyl (C=O) groups excluding carboxylic acids is 1. The molecule has 0 fully saturated rings. The molecule has 0 saturated carbocycles. The molecule has 0 bridgehead atoms. The van der Waals surface area contributed by atoms with E-state index in [2.05, 4.69) is 20.9 Å². The zero-order valence-electron chi connectivity index (χ0n) is 15.4. The van der Waals surface area contributed by atoms with E-state index in [-0.39, 0.29) is 11.7 Å². The van der Waals surface area contributed by atoms with E-state index in [1.54, 1.807) is 20.0 Å². The van der Waals surface area contributed by atoms with Gasteiger partial charge in [0.15, 0.2) is 5.96 Å². The summed E-state index contributed by atoms with van der Waals surface area (Å²) in [5.41, 5.74) is 3.59. The Morgan fingerprint density at radius 1 is 1.08 bits per heavy atom. The van der Waals surface area contributed by atoms with Crippen LogP contribution in [-0.4, -0.2) is 25.5 Å². The molecule has 1 amide bonds. The lowest BCUT2D eigenvalue weighted by Crippen LogP contribution is -2.37. The number of benzene rings is 2. The van der Waals surface area contributed by atoms with E-state index >= 15 is 0 Å². The highest BCUT2D eigenvalue weighted by Crippen LogP contribution is 2.10. The molecule has 5 nitrogen and oxygen atoms in total. The Labute approximate surface area is 153 Å². The third kappa shape index (κ3) is 6.20. The van der Waals surface area contributed by atoms with Gasteiger partial charge in [-0.2, -0.15) is 0 Å². The fourth-order valence-corrected chi connectivity index (χ4v) is 2.51. The predicted octanol–water partition coefficient (Wildman–Crippen LogP) is 3.00. The minimum atomic E-state index is -0.194. The Bertz CT molecular complexity index is 772. The number of nitrogens with zero attached hydrogens (tertiary/aromatic N) is 1. The molecule has 0 heterocycles. The third-order valence-electron chi connectivity index (χ3n) is 3.89. The molecule has 0 saturated heterocycles. The summed E-state index contributed by atoms with van der Waals surface area (Å²) in [7, 11) is 1.72. The van der Waals surface area contributed by atoms with E-state index in [1.807, 2.05) is 30.3 Å². The largest absolute Gasteiger partial charge is 0.356 e. The molecule has 2 aromatic rings. The number of hydrogen-bond donors (Lipinski definition) is 3. The first-order chi connectivity index (χ1) is 12.5. The summed E-state index contributed by atoms with van der Waals surface area (Å²) in [6.07, 6.45) is 0.830. The van der Waals surface area contributed by atoms with Gasteiger partial charge in [-0.25, -0.2) is 4.39 Å². The van der Waals surface area contributed by atoms with Crippen molar-refractivity contribution in [2.75, 3.05) is 18.9 Å². The SMILES string of the molecule is CN=C(NCCc1ccc(NC(C)=O)cc1)NCc1ccc(F)c(C)c1. The van der Waals surface area contributed by atoms with Gasteiger partial charge in [-0.3, -0.25) is 9.79 Å². The van der Waals surface area contributed by atoms with Crippen LogP contribution in [0.2, 0.25) is 0 Å². The van der Waals surface area contributed by atoms with Crippen molar-refractivity contribution in [3.05, 3.63) is 65.0 Å². The van der Waals surface area contributed by atoms with E-state index in [0.717, 1.165) is 29.8 Å². The topological polar surface area (TPSA) is 65.5 Å². The second-order valence-electron chi connectivity index (χ2n) is 6.06. The van der Waals surface area contributed by atoms with Gasteiger partial charge in [-0.1, -0.05) is 24.3 Å². The van der Waals surface area contributed by atoms with Crippen LogP contribution in [0.3, 0.4) is 0 Å². The fraction of sp³-hybridized carbons (Fsp3) is 0.300. The molecule has 3 N–H and O–H groups in total. The molecule has 0 spiro atoms. The number of aliphatic imine (C=N–C) groups is 1. The molecular formula is C20H25FN4O. The van der Waals surface area contributed by atoms with E-state index < -0.39 is 0 Å². The molecule has 0 radical (unpaired) electrons. The highest BCUT2D eigenvalue weighted by molar-refractivity contribution is 5.88. The molecule has 138 valence electrons. The summed E-state index contributed by atoms with van der Waals surface area (Å²) in [6.45, 7) is 4.54. The zero-order valence-corrected chi connectivity index (χ0v) is 15.4. The maximum Gasteiger partial charge on any atom is 0.221 e. The van der Waals surface area contributed by atoms with Crippen molar-refractivity contribution in [3.63, 3.8) is 0 Å². The molecule has 6 heteroatoms. The molecule has 0 aliphatic heterocycles. The molecule has 0 aromatic heterocycles. The van der Waals surface area contributed by atoms with Gasteiger partial charge in [0, 0.05) is 32.7 Å². The Balaban J connectivity index is 1.78. The lowest BCUT2D eigenvalue weighted by Gasteiger charge is -2.12. The normalized spacial score (nSPS) is 11.2. The molecule has 2 aromatic carbocycles. The smallest absolute Gasteiger partial charge is 0.221 e. The highest BCUT2D eigenvalue weighted by Gasteiger charge is 2.02. The van der Waals surface area contributed by atoms with Crippen molar-refractivity contribution in [3.8, 4) is 0 Å². The van der Waals surface area contributed by atoms with E-state index in [4.69, 9.17) is 0 Å². The first-order valence-electron chi connectivity index (χ1n) is 8.54. The number of anilines is 1. The van der Waals surface area contributed by atoms with Crippen LogP contribution >= 0.6 is 0 Å². The lowest BCUT2D eigenvalue weighted by atomic mass is 10.1. The van der Waals surface area contributed by atoms with Crippen LogP contribution in [-0.2, 0) is 17.8 Å². The maximum atomic E-state index is 13.3. The minimum absolute atomic E-state index is 0.0781. The number of halogens is 1. The monoisotopic (exact) mass is 356 g/mol. The summed E-state index contributed by atoms with van der Waals surface area (Å²) in [4.78, 5) is 15.2. The van der Waals surface area contributed by atoms with Crippen LogP contribution in [0.15, 0.2) is 47.5 Å². The summed E-state index contributed by atoms with van der Waals surface area (Å²) in [6, 6.07) is 12.8. The predicted molar refractivity (Wildman–Crippen MR) is 104 cm³/mol. The number of aryl methyl sites for hydroxylation is 1. The minimum Gasteiger partial charge on any atom is -0.356 e. The Hall–Kier alpha value is -2.89. The van der Waals surface area contributed by atoms with Crippen molar-refractivity contribution >= 4 is 17.6 Å². The average molecular weight is 356 g/mol.